The molecular weight excluding hydrogens is 386 g/mol. The molecule has 0 aromatic heterocycles. The van der Waals surface area contributed by atoms with Crippen molar-refractivity contribution in [1.29, 1.82) is 0 Å². The van der Waals surface area contributed by atoms with Crippen molar-refractivity contribution >= 4 is 24.2 Å². The number of nitrogens with zero attached hydrogens (tertiary/aromatic N) is 2. The highest BCUT2D eigenvalue weighted by atomic mass is 35.5. The first-order chi connectivity index (χ1) is 13.6. The van der Waals surface area contributed by atoms with E-state index in [1.54, 1.807) is 0 Å². The van der Waals surface area contributed by atoms with E-state index in [1.165, 1.54) is 24.8 Å². The van der Waals surface area contributed by atoms with Crippen LogP contribution in [0, 0.1) is 5.41 Å². The van der Waals surface area contributed by atoms with Gasteiger partial charge in [-0.25, -0.2) is 0 Å². The summed E-state index contributed by atoms with van der Waals surface area (Å²) in [7, 11) is 0. The van der Waals surface area contributed by atoms with E-state index in [0.29, 0.717) is 32.5 Å². The minimum Gasteiger partial charge on any atom is -0.341 e. The van der Waals surface area contributed by atoms with Crippen LogP contribution in [0.15, 0.2) is 30.3 Å². The second-order valence-electron chi connectivity index (χ2n) is 8.54. The molecule has 0 radical (unpaired) electrons. The molecule has 1 heterocycles. The Morgan fingerprint density at radius 3 is 2.10 bits per heavy atom. The zero-order valence-electron chi connectivity index (χ0n) is 17.5. The predicted octanol–water partition coefficient (Wildman–Crippen LogP) is 3.40. The lowest BCUT2D eigenvalue weighted by molar-refractivity contribution is -0.135. The van der Waals surface area contributed by atoms with Crippen molar-refractivity contribution in [2.45, 2.75) is 57.8 Å². The standard InChI is InChI=1S/C23H35N3O2.ClH/c24-19-23(12-5-2-6-13-23)18-22(28)26-15-7-14-25(16-17-26)21(27)11-10-20-8-3-1-4-9-20;/h1,3-4,8-9H,2,5-7,10-19,24H2;1H. The third-order valence-electron chi connectivity index (χ3n) is 6.55. The summed E-state index contributed by atoms with van der Waals surface area (Å²) in [6.45, 7) is 3.41. The van der Waals surface area contributed by atoms with Gasteiger partial charge in [0.25, 0.3) is 0 Å². The second kappa shape index (κ2) is 11.6. The van der Waals surface area contributed by atoms with E-state index in [2.05, 4.69) is 12.1 Å². The number of hydrogen-bond acceptors (Lipinski definition) is 3. The molecule has 6 heteroatoms. The third kappa shape index (κ3) is 6.71. The van der Waals surface area contributed by atoms with Crippen LogP contribution in [0.25, 0.3) is 0 Å². The first-order valence-electron chi connectivity index (χ1n) is 10.9. The van der Waals surface area contributed by atoms with Crippen LogP contribution in [0.4, 0.5) is 0 Å². The van der Waals surface area contributed by atoms with Crippen LogP contribution in [0.1, 0.15) is 56.9 Å². The molecule has 3 rings (SSSR count). The van der Waals surface area contributed by atoms with E-state index in [1.807, 2.05) is 28.0 Å². The zero-order valence-corrected chi connectivity index (χ0v) is 18.3. The summed E-state index contributed by atoms with van der Waals surface area (Å²) in [6, 6.07) is 10.1. The lowest BCUT2D eigenvalue weighted by atomic mass is 9.71. The monoisotopic (exact) mass is 421 g/mol. The average molecular weight is 422 g/mol. The largest absolute Gasteiger partial charge is 0.341 e. The van der Waals surface area contributed by atoms with Gasteiger partial charge in [-0.2, -0.15) is 0 Å². The van der Waals surface area contributed by atoms with Crippen molar-refractivity contribution in [1.82, 2.24) is 9.80 Å². The first-order valence-corrected chi connectivity index (χ1v) is 10.9. The number of amides is 2. The van der Waals surface area contributed by atoms with Gasteiger partial charge < -0.3 is 15.5 Å². The third-order valence-corrected chi connectivity index (χ3v) is 6.55. The van der Waals surface area contributed by atoms with Crippen LogP contribution in [-0.4, -0.2) is 54.3 Å². The molecule has 1 aromatic rings. The van der Waals surface area contributed by atoms with Crippen molar-refractivity contribution in [3.05, 3.63) is 35.9 Å². The molecule has 1 aromatic carbocycles. The van der Waals surface area contributed by atoms with Crippen molar-refractivity contribution < 1.29 is 9.59 Å². The Hall–Kier alpha value is -1.59. The molecule has 2 amide bonds. The minimum absolute atomic E-state index is 0. The second-order valence-corrected chi connectivity index (χ2v) is 8.54. The van der Waals surface area contributed by atoms with Gasteiger partial charge >= 0.3 is 0 Å². The average Bonchev–Trinajstić information content (AvgIpc) is 3.00. The van der Waals surface area contributed by atoms with Gasteiger partial charge in [0.05, 0.1) is 0 Å². The number of nitrogens with two attached hydrogens (primary N) is 1. The number of carbonyl (C=O) groups excluding carboxylic acids is 2. The molecule has 1 saturated carbocycles. The van der Waals surface area contributed by atoms with Gasteiger partial charge in [0, 0.05) is 39.0 Å². The fourth-order valence-electron chi connectivity index (χ4n) is 4.66. The van der Waals surface area contributed by atoms with Crippen molar-refractivity contribution in [3.8, 4) is 0 Å². The fraction of sp³-hybridized carbons (Fsp3) is 0.652. The van der Waals surface area contributed by atoms with E-state index in [9.17, 15) is 9.59 Å². The molecule has 0 unspecified atom stereocenters. The number of hydrogen-bond donors (Lipinski definition) is 1. The van der Waals surface area contributed by atoms with E-state index < -0.39 is 0 Å². The summed E-state index contributed by atoms with van der Waals surface area (Å²) in [5.74, 6) is 0.426. The highest BCUT2D eigenvalue weighted by molar-refractivity contribution is 5.85. The van der Waals surface area contributed by atoms with Crippen LogP contribution < -0.4 is 5.73 Å². The van der Waals surface area contributed by atoms with Crippen LogP contribution in [0.2, 0.25) is 0 Å². The van der Waals surface area contributed by atoms with Gasteiger partial charge in [-0.05, 0) is 43.2 Å². The number of aryl methyl sites for hydroxylation is 1. The lowest BCUT2D eigenvalue weighted by Crippen LogP contribution is -2.42. The van der Waals surface area contributed by atoms with Gasteiger partial charge in [-0.3, -0.25) is 9.59 Å². The Bertz CT molecular complexity index is 647. The van der Waals surface area contributed by atoms with Crippen LogP contribution in [-0.2, 0) is 16.0 Å². The maximum atomic E-state index is 12.9. The molecule has 1 aliphatic heterocycles. The first kappa shape index (κ1) is 23.7. The lowest BCUT2D eigenvalue weighted by Gasteiger charge is -2.37. The molecule has 2 aliphatic rings. The number of halogens is 1. The Kier molecular flexibility index (Phi) is 9.44. The van der Waals surface area contributed by atoms with E-state index in [4.69, 9.17) is 5.73 Å². The van der Waals surface area contributed by atoms with Gasteiger partial charge in [0.2, 0.25) is 11.8 Å². The summed E-state index contributed by atoms with van der Waals surface area (Å²) in [4.78, 5) is 29.5. The molecule has 0 atom stereocenters. The van der Waals surface area contributed by atoms with E-state index in [0.717, 1.165) is 38.8 Å². The van der Waals surface area contributed by atoms with Crippen LogP contribution >= 0.6 is 12.4 Å². The maximum absolute atomic E-state index is 12.9. The van der Waals surface area contributed by atoms with Gasteiger partial charge in [0.1, 0.15) is 0 Å². The number of rotatable bonds is 6. The molecular formula is C23H36ClN3O2. The van der Waals surface area contributed by atoms with Crippen molar-refractivity contribution in [2.75, 3.05) is 32.7 Å². The van der Waals surface area contributed by atoms with Crippen LogP contribution in [0.3, 0.4) is 0 Å². The maximum Gasteiger partial charge on any atom is 0.223 e. The summed E-state index contributed by atoms with van der Waals surface area (Å²) >= 11 is 0. The zero-order chi connectivity index (χ0) is 19.8. The highest BCUT2D eigenvalue weighted by Gasteiger charge is 2.34. The molecule has 5 nitrogen and oxygen atoms in total. The topological polar surface area (TPSA) is 66.6 Å². The molecule has 162 valence electrons. The molecule has 2 N–H and O–H groups in total. The Morgan fingerprint density at radius 2 is 1.48 bits per heavy atom. The summed E-state index contributed by atoms with van der Waals surface area (Å²) in [5.41, 5.74) is 7.27. The highest BCUT2D eigenvalue weighted by Crippen LogP contribution is 2.38. The molecule has 29 heavy (non-hydrogen) atoms. The molecule has 0 spiro atoms. The van der Waals surface area contributed by atoms with Crippen molar-refractivity contribution in [2.24, 2.45) is 11.1 Å². The van der Waals surface area contributed by atoms with Gasteiger partial charge in [-0.1, -0.05) is 49.6 Å². The molecule has 2 fully saturated rings. The number of benzene rings is 1. The summed E-state index contributed by atoms with van der Waals surface area (Å²) < 4.78 is 0. The smallest absolute Gasteiger partial charge is 0.223 e. The molecule has 0 bridgehead atoms. The number of carbonyl (C=O) groups is 2. The quantitative estimate of drug-likeness (QED) is 0.765. The van der Waals surface area contributed by atoms with E-state index in [-0.39, 0.29) is 29.6 Å². The fourth-order valence-corrected chi connectivity index (χ4v) is 4.66. The van der Waals surface area contributed by atoms with E-state index >= 15 is 0 Å². The Labute approximate surface area is 181 Å². The normalized spacial score (nSPS) is 19.2. The van der Waals surface area contributed by atoms with Gasteiger partial charge in [-0.15, -0.1) is 12.4 Å². The summed E-state index contributed by atoms with van der Waals surface area (Å²) in [6.07, 6.45) is 8.54. The molecule has 1 aliphatic carbocycles. The van der Waals surface area contributed by atoms with Crippen molar-refractivity contribution in [3.63, 3.8) is 0 Å². The van der Waals surface area contributed by atoms with Crippen LogP contribution in [0.5, 0.6) is 0 Å². The summed E-state index contributed by atoms with van der Waals surface area (Å²) in [5, 5.41) is 0. The predicted molar refractivity (Wildman–Crippen MR) is 119 cm³/mol. The Balaban J connectivity index is 0.00000300. The van der Waals surface area contributed by atoms with Gasteiger partial charge in [0.15, 0.2) is 0 Å². The SMILES string of the molecule is Cl.NCC1(CC(=O)N2CCCN(C(=O)CCc3ccccc3)CC2)CCCCC1. The Morgan fingerprint density at radius 1 is 0.862 bits per heavy atom. The minimum atomic E-state index is 0. The molecule has 1 saturated heterocycles.